The van der Waals surface area contributed by atoms with Crippen molar-refractivity contribution in [3.8, 4) is 5.75 Å². The molecule has 0 amide bonds. The van der Waals surface area contributed by atoms with Gasteiger partial charge in [0.1, 0.15) is 5.75 Å². The van der Waals surface area contributed by atoms with E-state index in [2.05, 4.69) is 13.0 Å². The van der Waals surface area contributed by atoms with Crippen molar-refractivity contribution in [2.75, 3.05) is 0 Å². The molecule has 0 aliphatic carbocycles. The summed E-state index contributed by atoms with van der Waals surface area (Å²) in [5.74, 6) is -0.281. The van der Waals surface area contributed by atoms with Gasteiger partial charge in [-0.1, -0.05) is 76.8 Å². The maximum Gasteiger partial charge on any atom is 0.344 e. The number of unbranched alkanes of at least 4 members (excludes halogenated alkanes) is 9. The molecule has 3 heteroatoms. The van der Waals surface area contributed by atoms with Crippen LogP contribution in [0.1, 0.15) is 77.6 Å². The van der Waals surface area contributed by atoms with Gasteiger partial charge >= 0.3 is 5.97 Å². The standard InChI is InChI=1S/C20H31O3/c1-2-3-4-5-6-7-8-9-10-14-17-19(20(21)22)23-18-15-12-11-13-16-18/h12-13,15-16,19H,2-10,14,17H2,1H3,(H,21,22). The minimum absolute atomic E-state index is 0.574. The molecule has 0 aliphatic rings. The Kier molecular flexibility index (Phi) is 11.0. The number of carboxylic acids is 1. The third-order valence-corrected chi connectivity index (χ3v) is 4.06. The maximum absolute atomic E-state index is 11.3. The van der Waals surface area contributed by atoms with Crippen molar-refractivity contribution >= 4 is 5.97 Å². The van der Waals surface area contributed by atoms with Crippen molar-refractivity contribution in [3.63, 3.8) is 0 Å². The Morgan fingerprint density at radius 3 is 2.04 bits per heavy atom. The minimum Gasteiger partial charge on any atom is -0.479 e. The average molecular weight is 319 g/mol. The SMILES string of the molecule is CCCCCCCCCCCCC(Oc1cc[c]cc1)C(=O)O. The van der Waals surface area contributed by atoms with E-state index >= 15 is 0 Å². The molecule has 0 aromatic heterocycles. The third kappa shape index (κ3) is 9.98. The topological polar surface area (TPSA) is 46.5 Å². The fraction of sp³-hybridized carbons (Fsp3) is 0.650. The predicted molar refractivity (Wildman–Crippen MR) is 93.8 cm³/mol. The monoisotopic (exact) mass is 319 g/mol. The molecule has 1 aromatic rings. The first kappa shape index (κ1) is 19.5. The molecule has 23 heavy (non-hydrogen) atoms. The van der Waals surface area contributed by atoms with Crippen LogP contribution in [0.2, 0.25) is 0 Å². The van der Waals surface area contributed by atoms with Gasteiger partial charge in [0, 0.05) is 0 Å². The zero-order chi connectivity index (χ0) is 16.8. The van der Waals surface area contributed by atoms with Gasteiger partial charge in [0.05, 0.1) is 0 Å². The van der Waals surface area contributed by atoms with E-state index < -0.39 is 12.1 Å². The zero-order valence-electron chi connectivity index (χ0n) is 14.4. The summed E-state index contributed by atoms with van der Waals surface area (Å²) in [6.45, 7) is 2.24. The van der Waals surface area contributed by atoms with E-state index in [1.165, 1.54) is 51.4 Å². The van der Waals surface area contributed by atoms with Gasteiger partial charge in [-0.05, 0) is 31.0 Å². The number of ether oxygens (including phenoxy) is 1. The second-order valence-corrected chi connectivity index (χ2v) is 6.15. The fourth-order valence-electron chi connectivity index (χ4n) is 2.66. The number of hydrogen-bond donors (Lipinski definition) is 1. The lowest BCUT2D eigenvalue weighted by Gasteiger charge is -2.14. The van der Waals surface area contributed by atoms with E-state index in [1.54, 1.807) is 24.3 Å². The summed E-state index contributed by atoms with van der Waals surface area (Å²) in [4.78, 5) is 11.3. The van der Waals surface area contributed by atoms with Gasteiger partial charge in [-0.2, -0.15) is 0 Å². The van der Waals surface area contributed by atoms with Gasteiger partial charge in [0.2, 0.25) is 0 Å². The molecule has 1 N–H and O–H groups in total. The predicted octanol–water partition coefficient (Wildman–Crippen LogP) is 5.63. The lowest BCUT2D eigenvalue weighted by atomic mass is 10.0. The third-order valence-electron chi connectivity index (χ3n) is 4.06. The molecule has 1 unspecified atom stereocenters. The van der Waals surface area contributed by atoms with Crippen LogP contribution in [0, 0.1) is 6.07 Å². The van der Waals surface area contributed by atoms with E-state index in [4.69, 9.17) is 4.74 Å². The normalized spacial score (nSPS) is 12.0. The Morgan fingerprint density at radius 2 is 1.52 bits per heavy atom. The van der Waals surface area contributed by atoms with E-state index in [1.807, 2.05) is 0 Å². The maximum atomic E-state index is 11.3. The van der Waals surface area contributed by atoms with Gasteiger partial charge in [-0.3, -0.25) is 0 Å². The molecular weight excluding hydrogens is 288 g/mol. The highest BCUT2D eigenvalue weighted by atomic mass is 16.5. The highest BCUT2D eigenvalue weighted by Crippen LogP contribution is 2.16. The van der Waals surface area contributed by atoms with Crippen LogP contribution in [0.15, 0.2) is 24.3 Å². The van der Waals surface area contributed by atoms with Crippen LogP contribution in [0.4, 0.5) is 0 Å². The molecule has 0 heterocycles. The van der Waals surface area contributed by atoms with Gasteiger partial charge in [0.25, 0.3) is 0 Å². The first-order valence-corrected chi connectivity index (χ1v) is 9.09. The molecule has 1 rings (SSSR count). The van der Waals surface area contributed by atoms with Crippen LogP contribution in [0.3, 0.4) is 0 Å². The minimum atomic E-state index is -0.881. The second-order valence-electron chi connectivity index (χ2n) is 6.15. The Labute approximate surface area is 141 Å². The zero-order valence-corrected chi connectivity index (χ0v) is 14.4. The van der Waals surface area contributed by atoms with Crippen LogP contribution >= 0.6 is 0 Å². The summed E-state index contributed by atoms with van der Waals surface area (Å²) >= 11 is 0. The first-order chi connectivity index (χ1) is 11.2. The summed E-state index contributed by atoms with van der Waals surface area (Å²) in [5, 5.41) is 9.25. The van der Waals surface area contributed by atoms with Crippen molar-refractivity contribution < 1.29 is 14.6 Å². The Bertz CT molecular complexity index is 403. The van der Waals surface area contributed by atoms with E-state index in [-0.39, 0.29) is 0 Å². The van der Waals surface area contributed by atoms with Crippen LogP contribution in [-0.4, -0.2) is 17.2 Å². The molecule has 1 atom stereocenters. The number of benzene rings is 1. The number of rotatable bonds is 14. The summed E-state index contributed by atoms with van der Waals surface area (Å²) in [6.07, 6.45) is 12.3. The number of aliphatic carboxylic acids is 1. The lowest BCUT2D eigenvalue weighted by molar-refractivity contribution is -0.145. The molecule has 129 valence electrons. The van der Waals surface area contributed by atoms with Crippen molar-refractivity contribution in [2.24, 2.45) is 0 Å². The van der Waals surface area contributed by atoms with Gasteiger partial charge in [-0.25, -0.2) is 4.79 Å². The molecular formula is C20H31O3. The molecule has 0 saturated carbocycles. The molecule has 1 radical (unpaired) electrons. The quantitative estimate of drug-likeness (QED) is 0.452. The fourth-order valence-corrected chi connectivity index (χ4v) is 2.66. The van der Waals surface area contributed by atoms with Crippen molar-refractivity contribution in [2.45, 2.75) is 83.7 Å². The average Bonchev–Trinajstić information content (AvgIpc) is 2.56. The number of carboxylic acid groups (broad SMARTS) is 1. The Morgan fingerprint density at radius 1 is 1.00 bits per heavy atom. The first-order valence-electron chi connectivity index (χ1n) is 9.09. The van der Waals surface area contributed by atoms with Crippen LogP contribution in [-0.2, 0) is 4.79 Å². The Hall–Kier alpha value is -1.51. The molecule has 0 aliphatic heterocycles. The van der Waals surface area contributed by atoms with Crippen molar-refractivity contribution in [3.05, 3.63) is 30.3 Å². The second kappa shape index (κ2) is 13.0. The molecule has 0 spiro atoms. The summed E-state index contributed by atoms with van der Waals surface area (Å²) in [7, 11) is 0. The van der Waals surface area contributed by atoms with Crippen LogP contribution < -0.4 is 4.74 Å². The number of hydrogen-bond acceptors (Lipinski definition) is 2. The molecule has 1 aromatic carbocycles. The smallest absolute Gasteiger partial charge is 0.344 e. The van der Waals surface area contributed by atoms with E-state index in [0.29, 0.717) is 12.2 Å². The van der Waals surface area contributed by atoms with Crippen LogP contribution in [0.25, 0.3) is 0 Å². The Balaban J connectivity index is 2.06. The molecule has 3 nitrogen and oxygen atoms in total. The summed E-state index contributed by atoms with van der Waals surface area (Å²) in [5.41, 5.74) is 0. The lowest BCUT2D eigenvalue weighted by Crippen LogP contribution is -2.26. The highest BCUT2D eigenvalue weighted by Gasteiger charge is 2.18. The summed E-state index contributed by atoms with van der Waals surface area (Å²) in [6, 6.07) is 9.85. The van der Waals surface area contributed by atoms with Crippen LogP contribution in [0.5, 0.6) is 5.75 Å². The van der Waals surface area contributed by atoms with E-state index in [0.717, 1.165) is 12.8 Å². The highest BCUT2D eigenvalue weighted by molar-refractivity contribution is 5.72. The van der Waals surface area contributed by atoms with Crippen molar-refractivity contribution in [1.29, 1.82) is 0 Å². The molecule has 0 bridgehead atoms. The van der Waals surface area contributed by atoms with Gasteiger partial charge in [0.15, 0.2) is 6.10 Å². The van der Waals surface area contributed by atoms with Crippen molar-refractivity contribution in [1.82, 2.24) is 0 Å². The molecule has 0 saturated heterocycles. The van der Waals surface area contributed by atoms with Gasteiger partial charge in [-0.15, -0.1) is 0 Å². The number of carbonyl (C=O) groups is 1. The molecule has 0 fully saturated rings. The van der Waals surface area contributed by atoms with Gasteiger partial charge < -0.3 is 9.84 Å². The summed E-state index contributed by atoms with van der Waals surface area (Å²) < 4.78 is 5.54. The van der Waals surface area contributed by atoms with E-state index in [9.17, 15) is 9.90 Å². The largest absolute Gasteiger partial charge is 0.479 e.